The third-order valence-corrected chi connectivity index (χ3v) is 2.38. The van der Waals surface area contributed by atoms with Crippen molar-refractivity contribution in [1.82, 2.24) is 5.32 Å². The van der Waals surface area contributed by atoms with Crippen molar-refractivity contribution < 1.29 is 20.4 Å². The van der Waals surface area contributed by atoms with Gasteiger partial charge in [-0.3, -0.25) is 0 Å². The van der Waals surface area contributed by atoms with Crippen molar-refractivity contribution in [3.05, 3.63) is 17.7 Å². The van der Waals surface area contributed by atoms with E-state index in [2.05, 4.69) is 5.32 Å². The summed E-state index contributed by atoms with van der Waals surface area (Å²) in [5.74, 6) is -0.836. The molecule has 1 aliphatic heterocycles. The Balaban J connectivity index is 2.52. The first kappa shape index (κ1) is 9.11. The van der Waals surface area contributed by atoms with Gasteiger partial charge < -0.3 is 25.7 Å². The Labute approximate surface area is 80.2 Å². The number of phenols is 3. The average molecular weight is 197 g/mol. The molecule has 0 aromatic heterocycles. The molecular formula is C9H11NO4. The molecule has 1 aliphatic rings. The summed E-state index contributed by atoms with van der Waals surface area (Å²) in [7, 11) is 0. The first-order chi connectivity index (χ1) is 6.53. The van der Waals surface area contributed by atoms with Gasteiger partial charge in [0.1, 0.15) is 22.8 Å². The molecular weight excluding hydrogens is 186 g/mol. The fourth-order valence-corrected chi connectivity index (χ4v) is 1.61. The van der Waals surface area contributed by atoms with E-state index in [-0.39, 0.29) is 35.9 Å². The summed E-state index contributed by atoms with van der Waals surface area (Å²) in [5, 5.41) is 40.7. The Morgan fingerprint density at radius 2 is 1.57 bits per heavy atom. The van der Waals surface area contributed by atoms with Gasteiger partial charge in [-0.1, -0.05) is 0 Å². The van der Waals surface area contributed by atoms with E-state index in [1.807, 2.05) is 0 Å². The van der Waals surface area contributed by atoms with E-state index in [1.54, 1.807) is 0 Å². The highest BCUT2D eigenvalue weighted by molar-refractivity contribution is 5.52. The van der Waals surface area contributed by atoms with Crippen LogP contribution < -0.4 is 5.32 Å². The van der Waals surface area contributed by atoms with Gasteiger partial charge in [-0.2, -0.15) is 0 Å². The minimum absolute atomic E-state index is 0.0639. The number of aliphatic hydroxyl groups is 1. The lowest BCUT2D eigenvalue weighted by molar-refractivity contribution is -0.0183. The second kappa shape index (κ2) is 2.76. The van der Waals surface area contributed by atoms with Crippen LogP contribution in [0.15, 0.2) is 12.1 Å². The molecule has 2 rings (SSSR count). The molecule has 0 radical (unpaired) electrons. The lowest BCUT2D eigenvalue weighted by atomic mass is 9.87. The molecule has 0 bridgehead atoms. The molecule has 1 heterocycles. The molecule has 5 heteroatoms. The smallest absolute Gasteiger partial charge is 0.129 e. The van der Waals surface area contributed by atoms with Crippen LogP contribution in [-0.4, -0.2) is 33.5 Å². The summed E-state index contributed by atoms with van der Waals surface area (Å²) in [6.45, 7) is 0.553. The minimum atomic E-state index is -1.23. The van der Waals surface area contributed by atoms with Crippen LogP contribution in [0, 0.1) is 0 Å². The summed E-state index contributed by atoms with van der Waals surface area (Å²) < 4.78 is 0. The van der Waals surface area contributed by atoms with Gasteiger partial charge in [0, 0.05) is 25.2 Å². The number of hydrogen-bond acceptors (Lipinski definition) is 5. The van der Waals surface area contributed by atoms with E-state index < -0.39 is 5.60 Å². The maximum absolute atomic E-state index is 9.87. The Kier molecular flexibility index (Phi) is 1.80. The number of β-amino-alcohol motifs (C(OH)–C–C–N with tert-alkyl or cyclic N) is 1. The molecule has 5 nitrogen and oxygen atoms in total. The zero-order valence-corrected chi connectivity index (χ0v) is 7.36. The highest BCUT2D eigenvalue weighted by atomic mass is 16.3. The van der Waals surface area contributed by atoms with Gasteiger partial charge in [-0.25, -0.2) is 0 Å². The predicted octanol–water partition coefficient (Wildman–Crippen LogP) is -0.406. The van der Waals surface area contributed by atoms with Crippen molar-refractivity contribution in [3.63, 3.8) is 0 Å². The van der Waals surface area contributed by atoms with E-state index in [0.29, 0.717) is 0 Å². The molecule has 5 N–H and O–H groups in total. The number of aromatic hydroxyl groups is 3. The van der Waals surface area contributed by atoms with Crippen molar-refractivity contribution >= 4 is 0 Å². The topological polar surface area (TPSA) is 93.0 Å². The number of hydrogen-bond donors (Lipinski definition) is 5. The molecule has 14 heavy (non-hydrogen) atoms. The van der Waals surface area contributed by atoms with Crippen LogP contribution in [0.3, 0.4) is 0 Å². The Morgan fingerprint density at radius 1 is 1.07 bits per heavy atom. The summed E-state index contributed by atoms with van der Waals surface area (Å²) in [4.78, 5) is 0. The van der Waals surface area contributed by atoms with Gasteiger partial charge >= 0.3 is 0 Å². The van der Waals surface area contributed by atoms with Crippen molar-refractivity contribution in [3.8, 4) is 17.2 Å². The molecule has 0 unspecified atom stereocenters. The fraction of sp³-hybridized carbons (Fsp3) is 0.333. The van der Waals surface area contributed by atoms with Crippen LogP contribution in [0.1, 0.15) is 5.56 Å². The molecule has 1 saturated heterocycles. The first-order valence-electron chi connectivity index (χ1n) is 4.21. The molecule has 0 spiro atoms. The van der Waals surface area contributed by atoms with Gasteiger partial charge in [0.2, 0.25) is 0 Å². The lowest BCUT2D eigenvalue weighted by Gasteiger charge is -2.38. The Hall–Kier alpha value is -1.46. The molecule has 0 saturated carbocycles. The second-order valence-corrected chi connectivity index (χ2v) is 3.49. The number of phenolic OH excluding ortho intramolecular Hbond substituents is 3. The summed E-state index contributed by atoms with van der Waals surface area (Å²) >= 11 is 0. The highest BCUT2D eigenvalue weighted by Gasteiger charge is 2.40. The SMILES string of the molecule is Oc1cc(O)c(C2(O)CNC2)c(O)c1. The van der Waals surface area contributed by atoms with Crippen molar-refractivity contribution in [2.45, 2.75) is 5.60 Å². The minimum Gasteiger partial charge on any atom is -0.508 e. The molecule has 0 amide bonds. The molecule has 0 atom stereocenters. The monoisotopic (exact) mass is 197 g/mol. The number of rotatable bonds is 1. The first-order valence-corrected chi connectivity index (χ1v) is 4.21. The molecule has 76 valence electrons. The van der Waals surface area contributed by atoms with Crippen molar-refractivity contribution in [1.29, 1.82) is 0 Å². The number of benzene rings is 1. The van der Waals surface area contributed by atoms with Crippen LogP contribution in [-0.2, 0) is 5.60 Å². The maximum Gasteiger partial charge on any atom is 0.129 e. The zero-order chi connectivity index (χ0) is 10.3. The number of nitrogens with one attached hydrogen (secondary N) is 1. The van der Waals surface area contributed by atoms with Crippen LogP contribution in [0.25, 0.3) is 0 Å². The molecule has 1 fully saturated rings. The van der Waals surface area contributed by atoms with Crippen LogP contribution >= 0.6 is 0 Å². The Morgan fingerprint density at radius 3 is 1.93 bits per heavy atom. The second-order valence-electron chi connectivity index (χ2n) is 3.49. The standard InChI is InChI=1S/C9H11NO4/c11-5-1-6(12)8(7(13)2-5)9(14)3-10-4-9/h1-2,10-14H,3-4H2. The molecule has 1 aromatic rings. The van der Waals surface area contributed by atoms with Crippen molar-refractivity contribution in [2.24, 2.45) is 0 Å². The fourth-order valence-electron chi connectivity index (χ4n) is 1.61. The summed E-state index contributed by atoms with van der Waals surface area (Å²) in [6.07, 6.45) is 0. The van der Waals surface area contributed by atoms with Gasteiger partial charge in [0.15, 0.2) is 0 Å². The zero-order valence-electron chi connectivity index (χ0n) is 7.36. The molecule has 1 aromatic carbocycles. The normalized spacial score (nSPS) is 18.9. The van der Waals surface area contributed by atoms with E-state index >= 15 is 0 Å². The summed E-state index contributed by atoms with van der Waals surface area (Å²) in [5.41, 5.74) is -1.17. The van der Waals surface area contributed by atoms with Gasteiger partial charge in [0.25, 0.3) is 0 Å². The van der Waals surface area contributed by atoms with E-state index in [0.717, 1.165) is 12.1 Å². The van der Waals surface area contributed by atoms with E-state index in [9.17, 15) is 15.3 Å². The van der Waals surface area contributed by atoms with Crippen molar-refractivity contribution in [2.75, 3.05) is 13.1 Å². The van der Waals surface area contributed by atoms with Crippen LogP contribution in [0.4, 0.5) is 0 Å². The van der Waals surface area contributed by atoms with Gasteiger partial charge in [0.05, 0.1) is 5.56 Å². The van der Waals surface area contributed by atoms with Gasteiger partial charge in [-0.05, 0) is 0 Å². The quantitative estimate of drug-likeness (QED) is 0.422. The third-order valence-electron chi connectivity index (χ3n) is 2.38. The Bertz CT molecular complexity index is 350. The van der Waals surface area contributed by atoms with Crippen LogP contribution in [0.2, 0.25) is 0 Å². The maximum atomic E-state index is 9.87. The van der Waals surface area contributed by atoms with E-state index in [4.69, 9.17) is 5.11 Å². The van der Waals surface area contributed by atoms with Crippen LogP contribution in [0.5, 0.6) is 17.2 Å². The lowest BCUT2D eigenvalue weighted by Crippen LogP contribution is -2.56. The molecule has 0 aliphatic carbocycles. The predicted molar refractivity (Wildman–Crippen MR) is 48.2 cm³/mol. The van der Waals surface area contributed by atoms with Gasteiger partial charge in [-0.15, -0.1) is 0 Å². The van der Waals surface area contributed by atoms with E-state index in [1.165, 1.54) is 0 Å². The third kappa shape index (κ3) is 1.18. The highest BCUT2D eigenvalue weighted by Crippen LogP contribution is 2.41. The average Bonchev–Trinajstić information content (AvgIpc) is 1.99. The largest absolute Gasteiger partial charge is 0.508 e. The summed E-state index contributed by atoms with van der Waals surface area (Å²) in [6, 6.07) is 2.18.